The highest BCUT2D eigenvalue weighted by Crippen LogP contribution is 2.19. The van der Waals surface area contributed by atoms with E-state index in [1.54, 1.807) is 0 Å². The van der Waals surface area contributed by atoms with Gasteiger partial charge in [0, 0.05) is 25.5 Å². The summed E-state index contributed by atoms with van der Waals surface area (Å²) in [6.07, 6.45) is 5.59. The summed E-state index contributed by atoms with van der Waals surface area (Å²) in [4.78, 5) is 6.47. The van der Waals surface area contributed by atoms with E-state index in [2.05, 4.69) is 14.5 Å². The number of rotatable bonds is 5. The molecule has 1 aliphatic heterocycles. The Kier molecular flexibility index (Phi) is 4.74. The molecule has 1 atom stereocenters. The Bertz CT molecular complexity index is 359. The van der Waals surface area contributed by atoms with E-state index >= 15 is 0 Å². The number of likely N-dealkylation sites (tertiary alicyclic amines) is 1. The van der Waals surface area contributed by atoms with Crippen molar-refractivity contribution in [2.45, 2.75) is 32.4 Å². The van der Waals surface area contributed by atoms with Gasteiger partial charge in [-0.25, -0.2) is 4.98 Å². The molecular formula is C13H23N3O2. The summed E-state index contributed by atoms with van der Waals surface area (Å²) >= 11 is 0. The highest BCUT2D eigenvalue weighted by molar-refractivity contribution is 4.89. The molecule has 0 unspecified atom stereocenters. The molecule has 0 aliphatic carbocycles. The molecule has 0 amide bonds. The van der Waals surface area contributed by atoms with Crippen LogP contribution in [-0.2, 0) is 6.54 Å². The number of imidazole rings is 1. The highest BCUT2D eigenvalue weighted by atomic mass is 16.3. The fourth-order valence-corrected chi connectivity index (χ4v) is 2.58. The lowest BCUT2D eigenvalue weighted by atomic mass is 9.96. The molecule has 0 bridgehead atoms. The van der Waals surface area contributed by atoms with Crippen molar-refractivity contribution in [2.24, 2.45) is 5.92 Å². The number of aliphatic hydroxyl groups is 2. The monoisotopic (exact) mass is 253 g/mol. The number of nitrogens with zero attached hydrogens (tertiary/aromatic N) is 3. The van der Waals surface area contributed by atoms with Crippen molar-refractivity contribution >= 4 is 0 Å². The van der Waals surface area contributed by atoms with Gasteiger partial charge in [-0.3, -0.25) is 0 Å². The quantitative estimate of drug-likeness (QED) is 0.790. The SMILES string of the molecule is Cc1nccn1CC1CCN(C[C@@H](O)CO)CC1. The summed E-state index contributed by atoms with van der Waals surface area (Å²) in [6.45, 7) is 5.54. The van der Waals surface area contributed by atoms with Gasteiger partial charge in [-0.2, -0.15) is 0 Å². The molecule has 18 heavy (non-hydrogen) atoms. The van der Waals surface area contributed by atoms with E-state index in [0.717, 1.165) is 38.3 Å². The van der Waals surface area contributed by atoms with Crippen LogP contribution in [0.1, 0.15) is 18.7 Å². The minimum absolute atomic E-state index is 0.145. The minimum atomic E-state index is -0.600. The van der Waals surface area contributed by atoms with Gasteiger partial charge in [0.2, 0.25) is 0 Å². The van der Waals surface area contributed by atoms with Crippen LogP contribution in [0.5, 0.6) is 0 Å². The van der Waals surface area contributed by atoms with E-state index in [-0.39, 0.29) is 6.61 Å². The van der Waals surface area contributed by atoms with Crippen LogP contribution < -0.4 is 0 Å². The summed E-state index contributed by atoms with van der Waals surface area (Å²) in [6, 6.07) is 0. The molecule has 1 aromatic rings. The maximum atomic E-state index is 9.42. The number of hydrogen-bond donors (Lipinski definition) is 2. The zero-order chi connectivity index (χ0) is 13.0. The average molecular weight is 253 g/mol. The second-order valence-corrected chi connectivity index (χ2v) is 5.21. The van der Waals surface area contributed by atoms with Crippen LogP contribution in [0.4, 0.5) is 0 Å². The molecule has 2 heterocycles. The van der Waals surface area contributed by atoms with Gasteiger partial charge in [-0.05, 0) is 38.8 Å². The van der Waals surface area contributed by atoms with E-state index in [9.17, 15) is 5.11 Å². The Hall–Kier alpha value is -0.910. The number of hydrogen-bond acceptors (Lipinski definition) is 4. The van der Waals surface area contributed by atoms with Crippen LogP contribution in [0.2, 0.25) is 0 Å². The van der Waals surface area contributed by atoms with Crippen molar-refractivity contribution in [3.05, 3.63) is 18.2 Å². The normalized spacial score (nSPS) is 20.2. The van der Waals surface area contributed by atoms with E-state index in [1.807, 2.05) is 19.3 Å². The van der Waals surface area contributed by atoms with Crippen LogP contribution in [0, 0.1) is 12.8 Å². The van der Waals surface area contributed by atoms with Crippen LogP contribution in [0.3, 0.4) is 0 Å². The van der Waals surface area contributed by atoms with Gasteiger partial charge in [0.15, 0.2) is 0 Å². The smallest absolute Gasteiger partial charge is 0.105 e. The van der Waals surface area contributed by atoms with Gasteiger partial charge in [-0.1, -0.05) is 0 Å². The molecule has 1 aromatic heterocycles. The molecule has 0 radical (unpaired) electrons. The average Bonchev–Trinajstić information content (AvgIpc) is 2.77. The molecule has 1 saturated heterocycles. The Morgan fingerprint density at radius 2 is 2.17 bits per heavy atom. The van der Waals surface area contributed by atoms with Crippen LogP contribution in [-0.4, -0.2) is 57.0 Å². The summed E-state index contributed by atoms with van der Waals surface area (Å²) in [7, 11) is 0. The third-order valence-electron chi connectivity index (χ3n) is 3.77. The largest absolute Gasteiger partial charge is 0.394 e. The molecule has 2 N–H and O–H groups in total. The van der Waals surface area contributed by atoms with Crippen LogP contribution in [0.25, 0.3) is 0 Å². The van der Waals surface area contributed by atoms with Crippen molar-refractivity contribution < 1.29 is 10.2 Å². The van der Waals surface area contributed by atoms with Gasteiger partial charge in [0.25, 0.3) is 0 Å². The van der Waals surface area contributed by atoms with Gasteiger partial charge < -0.3 is 19.7 Å². The second-order valence-electron chi connectivity index (χ2n) is 5.21. The zero-order valence-electron chi connectivity index (χ0n) is 11.0. The number of aromatic nitrogens is 2. The lowest BCUT2D eigenvalue weighted by Crippen LogP contribution is -2.40. The van der Waals surface area contributed by atoms with Crippen LogP contribution in [0.15, 0.2) is 12.4 Å². The molecule has 2 rings (SSSR count). The number of piperidine rings is 1. The van der Waals surface area contributed by atoms with Crippen molar-refractivity contribution in [3.8, 4) is 0 Å². The van der Waals surface area contributed by atoms with Crippen molar-refractivity contribution in [3.63, 3.8) is 0 Å². The Labute approximate surface area is 108 Å². The van der Waals surface area contributed by atoms with Crippen molar-refractivity contribution in [2.75, 3.05) is 26.2 Å². The third-order valence-corrected chi connectivity index (χ3v) is 3.77. The third kappa shape index (κ3) is 3.54. The highest BCUT2D eigenvalue weighted by Gasteiger charge is 2.21. The Balaban J connectivity index is 1.75. The van der Waals surface area contributed by atoms with Gasteiger partial charge in [-0.15, -0.1) is 0 Å². The molecule has 0 spiro atoms. The van der Waals surface area contributed by atoms with Gasteiger partial charge >= 0.3 is 0 Å². The minimum Gasteiger partial charge on any atom is -0.394 e. The van der Waals surface area contributed by atoms with Crippen molar-refractivity contribution in [1.82, 2.24) is 14.5 Å². The summed E-state index contributed by atoms with van der Waals surface area (Å²) in [5.41, 5.74) is 0. The molecule has 102 valence electrons. The molecule has 0 aromatic carbocycles. The lowest BCUT2D eigenvalue weighted by molar-refractivity contribution is 0.0462. The number of aryl methyl sites for hydroxylation is 1. The molecular weight excluding hydrogens is 230 g/mol. The van der Waals surface area contributed by atoms with Gasteiger partial charge in [0.05, 0.1) is 12.7 Å². The topological polar surface area (TPSA) is 61.5 Å². The Morgan fingerprint density at radius 1 is 1.44 bits per heavy atom. The molecule has 0 saturated carbocycles. The fraction of sp³-hybridized carbons (Fsp3) is 0.769. The summed E-state index contributed by atoms with van der Waals surface area (Å²) < 4.78 is 2.21. The predicted octanol–water partition coefficient (Wildman–Crippen LogP) is 0.257. The second kappa shape index (κ2) is 6.31. The molecule has 5 nitrogen and oxygen atoms in total. The van der Waals surface area contributed by atoms with Crippen LogP contribution >= 0.6 is 0 Å². The molecule has 1 fully saturated rings. The molecule has 5 heteroatoms. The van der Waals surface area contributed by atoms with E-state index in [1.165, 1.54) is 0 Å². The first-order chi connectivity index (χ1) is 8.69. The molecule has 1 aliphatic rings. The number of β-amino-alcohol motifs (C(OH)–C–C–N with tert-alkyl or cyclic N) is 1. The van der Waals surface area contributed by atoms with E-state index < -0.39 is 6.10 Å². The van der Waals surface area contributed by atoms with Gasteiger partial charge in [0.1, 0.15) is 5.82 Å². The summed E-state index contributed by atoms with van der Waals surface area (Å²) in [5.74, 6) is 1.77. The van der Waals surface area contributed by atoms with E-state index in [4.69, 9.17) is 5.11 Å². The standard InChI is InChI=1S/C13H23N3O2/c1-11-14-4-7-16(11)8-12-2-5-15(6-3-12)9-13(18)10-17/h4,7,12-13,17-18H,2-3,5-6,8-10H2,1H3/t13-/m1/s1. The Morgan fingerprint density at radius 3 is 2.72 bits per heavy atom. The first kappa shape index (κ1) is 13.5. The number of aliphatic hydroxyl groups excluding tert-OH is 2. The predicted molar refractivity (Wildman–Crippen MR) is 69.2 cm³/mol. The first-order valence-corrected chi connectivity index (χ1v) is 6.68. The van der Waals surface area contributed by atoms with Crippen molar-refractivity contribution in [1.29, 1.82) is 0 Å². The maximum absolute atomic E-state index is 9.42. The van der Waals surface area contributed by atoms with E-state index in [0.29, 0.717) is 12.5 Å². The summed E-state index contributed by atoms with van der Waals surface area (Å²) in [5, 5.41) is 18.2. The zero-order valence-corrected chi connectivity index (χ0v) is 11.0. The first-order valence-electron chi connectivity index (χ1n) is 6.68. The maximum Gasteiger partial charge on any atom is 0.105 e. The fourth-order valence-electron chi connectivity index (χ4n) is 2.58. The lowest BCUT2D eigenvalue weighted by Gasteiger charge is -2.33.